The maximum atomic E-state index is 15.8. The van der Waals surface area contributed by atoms with Crippen molar-refractivity contribution in [2.24, 2.45) is 4.36 Å². The Morgan fingerprint density at radius 1 is 0.653 bits per heavy atom. The van der Waals surface area contributed by atoms with E-state index in [0.717, 1.165) is 49.9 Å². The number of hydrogen-bond acceptors (Lipinski definition) is 3. The normalized spacial score (nSPS) is 15.9. The van der Waals surface area contributed by atoms with E-state index in [2.05, 4.69) is 92.4 Å². The number of furan rings is 1. The van der Waals surface area contributed by atoms with Crippen LogP contribution < -0.4 is 0 Å². The van der Waals surface area contributed by atoms with Gasteiger partial charge in [0.2, 0.25) is 0 Å². The molecule has 49 heavy (non-hydrogen) atoms. The molecule has 0 N–H and O–H groups in total. The average molecular weight is 652 g/mol. The third kappa shape index (κ3) is 5.37. The van der Waals surface area contributed by atoms with E-state index in [9.17, 15) is 0 Å². The highest BCUT2D eigenvalue weighted by atomic mass is 32.2. The minimum absolute atomic E-state index is 0.656. The van der Waals surface area contributed by atoms with Gasteiger partial charge in [0, 0.05) is 27.6 Å². The first kappa shape index (κ1) is 30.4. The summed E-state index contributed by atoms with van der Waals surface area (Å²) < 4.78 is 27.4. The van der Waals surface area contributed by atoms with E-state index < -0.39 is 9.73 Å². The van der Waals surface area contributed by atoms with E-state index in [4.69, 9.17) is 8.78 Å². The number of fused-ring (bicyclic) bond motifs is 2. The molecule has 4 heteroatoms. The van der Waals surface area contributed by atoms with Crippen LogP contribution in [0.15, 0.2) is 178 Å². The first-order valence-corrected chi connectivity index (χ1v) is 17.8. The molecule has 1 aliphatic heterocycles. The molecule has 1 atom stereocenters. The largest absolute Gasteiger partial charge is 0.456 e. The highest BCUT2D eigenvalue weighted by Gasteiger charge is 2.33. The zero-order valence-corrected chi connectivity index (χ0v) is 27.9. The minimum atomic E-state index is -3.17. The van der Waals surface area contributed by atoms with E-state index in [1.54, 1.807) is 6.08 Å². The zero-order valence-electron chi connectivity index (χ0n) is 27.0. The standard InChI is InChI=1S/C45H33NO2S/c1-3-41-39(30-31(2)32-26-28-34(29-27-32)33-16-7-4-8-17-33)44-38(23-15-25-42(44)48-41)45-43(35-18-9-5-10-19-35)37-22-13-14-24-40(37)46-49(45,47)36-20-11-6-12-21-36/h3-30H,1H2,2H3/b31-30+. The van der Waals surface area contributed by atoms with Gasteiger partial charge in [-0.1, -0.05) is 140 Å². The smallest absolute Gasteiger partial charge is 0.136 e. The van der Waals surface area contributed by atoms with Crippen LogP contribution in [0.1, 0.15) is 40.5 Å². The lowest BCUT2D eigenvalue weighted by molar-refractivity contribution is 0.603. The minimum Gasteiger partial charge on any atom is -0.456 e. The van der Waals surface area contributed by atoms with E-state index in [0.29, 0.717) is 26.8 Å². The summed E-state index contributed by atoms with van der Waals surface area (Å²) in [4.78, 5) is 1.33. The summed E-state index contributed by atoms with van der Waals surface area (Å²) in [5, 5.41) is 0.874. The Hall–Kier alpha value is -5.97. The Balaban J connectivity index is 1.41. The van der Waals surface area contributed by atoms with Crippen LogP contribution in [0.2, 0.25) is 0 Å². The molecule has 0 aliphatic carbocycles. The molecule has 0 spiro atoms. The monoisotopic (exact) mass is 651 g/mol. The van der Waals surface area contributed by atoms with Crippen molar-refractivity contribution in [2.75, 3.05) is 0 Å². The third-order valence-electron chi connectivity index (χ3n) is 9.05. The number of rotatable bonds is 7. The molecule has 3 nitrogen and oxygen atoms in total. The van der Waals surface area contributed by atoms with Crippen molar-refractivity contribution in [1.82, 2.24) is 0 Å². The lowest BCUT2D eigenvalue weighted by Crippen LogP contribution is -2.11. The molecule has 7 aromatic rings. The summed E-state index contributed by atoms with van der Waals surface area (Å²) in [7, 11) is -3.17. The van der Waals surface area contributed by atoms with Gasteiger partial charge in [0.15, 0.2) is 0 Å². The van der Waals surface area contributed by atoms with Crippen LogP contribution in [-0.4, -0.2) is 4.21 Å². The second-order valence-electron chi connectivity index (χ2n) is 12.1. The molecule has 1 aromatic heterocycles. The lowest BCUT2D eigenvalue weighted by atomic mass is 9.92. The maximum absolute atomic E-state index is 15.8. The molecule has 0 radical (unpaired) electrons. The Morgan fingerprint density at radius 3 is 1.94 bits per heavy atom. The number of nitrogens with zero attached hydrogens (tertiary/aromatic N) is 1. The summed E-state index contributed by atoms with van der Waals surface area (Å²) >= 11 is 0. The van der Waals surface area contributed by atoms with Crippen LogP contribution in [0.3, 0.4) is 0 Å². The van der Waals surface area contributed by atoms with Gasteiger partial charge in [-0.25, -0.2) is 4.21 Å². The van der Waals surface area contributed by atoms with Crippen molar-refractivity contribution in [1.29, 1.82) is 0 Å². The highest BCUT2D eigenvalue weighted by molar-refractivity contribution is 8.03. The van der Waals surface area contributed by atoms with Gasteiger partial charge < -0.3 is 4.42 Å². The summed E-state index contributed by atoms with van der Waals surface area (Å²) in [6, 6.07) is 52.8. The van der Waals surface area contributed by atoms with Crippen LogP contribution >= 0.6 is 0 Å². The summed E-state index contributed by atoms with van der Waals surface area (Å²) in [6.45, 7) is 6.22. The van der Waals surface area contributed by atoms with E-state index in [-0.39, 0.29) is 0 Å². The number of hydrogen-bond donors (Lipinski definition) is 0. The number of allylic oxidation sites excluding steroid dienone is 1. The highest BCUT2D eigenvalue weighted by Crippen LogP contribution is 2.50. The fourth-order valence-corrected chi connectivity index (χ4v) is 9.06. The molecule has 0 saturated carbocycles. The molecule has 236 valence electrons. The van der Waals surface area contributed by atoms with Gasteiger partial charge in [-0.2, -0.15) is 4.36 Å². The first-order valence-electron chi connectivity index (χ1n) is 16.3. The molecular weight excluding hydrogens is 619 g/mol. The summed E-state index contributed by atoms with van der Waals surface area (Å²) in [5.41, 5.74) is 10.4. The van der Waals surface area contributed by atoms with Crippen molar-refractivity contribution in [3.05, 3.63) is 198 Å². The van der Waals surface area contributed by atoms with Crippen LogP contribution in [0.5, 0.6) is 0 Å². The predicted molar refractivity (Wildman–Crippen MR) is 205 cm³/mol. The Labute approximate surface area is 287 Å². The Morgan fingerprint density at radius 2 is 1.24 bits per heavy atom. The Bertz CT molecular complexity index is 2530. The molecule has 0 fully saturated rings. The van der Waals surface area contributed by atoms with Gasteiger partial charge in [0.05, 0.1) is 15.5 Å². The molecule has 6 aromatic carbocycles. The fraction of sp³-hybridized carbons (Fsp3) is 0.0222. The van der Waals surface area contributed by atoms with Gasteiger partial charge in [-0.15, -0.1) is 0 Å². The van der Waals surface area contributed by atoms with Crippen molar-refractivity contribution < 1.29 is 8.63 Å². The van der Waals surface area contributed by atoms with Crippen molar-refractivity contribution in [2.45, 2.75) is 11.8 Å². The second-order valence-corrected chi connectivity index (χ2v) is 14.2. The molecule has 0 saturated heterocycles. The summed E-state index contributed by atoms with van der Waals surface area (Å²) in [5.74, 6) is 0.656. The molecular formula is C45H33NO2S. The average Bonchev–Trinajstić information content (AvgIpc) is 3.53. The molecule has 0 amide bonds. The van der Waals surface area contributed by atoms with Gasteiger partial charge >= 0.3 is 0 Å². The molecule has 2 heterocycles. The zero-order chi connectivity index (χ0) is 33.4. The molecule has 0 bridgehead atoms. The third-order valence-corrected chi connectivity index (χ3v) is 11.4. The van der Waals surface area contributed by atoms with Crippen LogP contribution in [0, 0.1) is 0 Å². The summed E-state index contributed by atoms with van der Waals surface area (Å²) in [6.07, 6.45) is 3.91. The SMILES string of the molecule is C=Cc1oc2cccc(C3=C(c4ccccc4)c4ccccc4N=S3(=O)c3ccccc3)c2c1/C=C(\C)c1ccc(-c2ccccc2)cc1. The molecule has 8 rings (SSSR count). The van der Waals surface area contributed by atoms with E-state index >= 15 is 4.21 Å². The van der Waals surface area contributed by atoms with E-state index in [1.807, 2.05) is 84.9 Å². The maximum Gasteiger partial charge on any atom is 0.136 e. The van der Waals surface area contributed by atoms with Crippen molar-refractivity contribution in [3.63, 3.8) is 0 Å². The van der Waals surface area contributed by atoms with Crippen LogP contribution in [-0.2, 0) is 9.73 Å². The van der Waals surface area contributed by atoms with Gasteiger partial charge in [-0.3, -0.25) is 0 Å². The Kier molecular flexibility index (Phi) is 7.79. The quantitative estimate of drug-likeness (QED) is 0.172. The number of benzene rings is 6. The second kappa shape index (κ2) is 12.6. The molecule has 1 unspecified atom stereocenters. The van der Waals surface area contributed by atoms with E-state index in [1.165, 1.54) is 5.56 Å². The van der Waals surface area contributed by atoms with Crippen molar-refractivity contribution in [3.8, 4) is 11.1 Å². The topological polar surface area (TPSA) is 42.6 Å². The molecule has 1 aliphatic rings. The van der Waals surface area contributed by atoms with Gasteiger partial charge in [0.1, 0.15) is 21.1 Å². The van der Waals surface area contributed by atoms with Crippen LogP contribution in [0.4, 0.5) is 5.69 Å². The van der Waals surface area contributed by atoms with Gasteiger partial charge in [-0.05, 0) is 71.2 Å². The lowest BCUT2D eigenvalue weighted by Gasteiger charge is -2.26. The predicted octanol–water partition coefficient (Wildman–Crippen LogP) is 12.4. The fourth-order valence-electron chi connectivity index (χ4n) is 6.69. The van der Waals surface area contributed by atoms with Crippen molar-refractivity contribution >= 4 is 54.6 Å². The van der Waals surface area contributed by atoms with Crippen LogP contribution in [0.25, 0.3) is 50.3 Å². The van der Waals surface area contributed by atoms with Gasteiger partial charge in [0.25, 0.3) is 0 Å². The first-order chi connectivity index (χ1) is 24.0.